The normalized spacial score (nSPS) is 10.6. The molecule has 7 heteroatoms. The summed E-state index contributed by atoms with van der Waals surface area (Å²) in [5.74, 6) is 3.05. The van der Waals surface area contributed by atoms with Crippen LogP contribution < -0.4 is 25.3 Å². The predicted molar refractivity (Wildman–Crippen MR) is 94.9 cm³/mol. The number of ether oxygens (including phenoxy) is 3. The number of nitrogens with one attached hydrogen (secondary N) is 1. The molecule has 2 aromatic rings. The van der Waals surface area contributed by atoms with E-state index in [0.29, 0.717) is 40.5 Å². The number of hydrogen-bond acceptors (Lipinski definition) is 7. The molecule has 0 aliphatic rings. The second-order valence-electron chi connectivity index (χ2n) is 5.68. The van der Waals surface area contributed by atoms with E-state index in [2.05, 4.69) is 29.1 Å². The Hall–Kier alpha value is -2.70. The Balaban J connectivity index is 2.46. The summed E-state index contributed by atoms with van der Waals surface area (Å²) in [6.45, 7) is 4.98. The first-order valence-electron chi connectivity index (χ1n) is 7.66. The zero-order valence-electron chi connectivity index (χ0n) is 14.7. The fraction of sp³-hybridized carbons (Fsp3) is 0.412. The Kier molecular flexibility index (Phi) is 5.68. The number of methoxy groups -OCH3 is 3. The monoisotopic (exact) mass is 332 g/mol. The van der Waals surface area contributed by atoms with Gasteiger partial charge in [-0.1, -0.05) is 13.8 Å². The average molecular weight is 332 g/mol. The Morgan fingerprint density at radius 2 is 1.71 bits per heavy atom. The third-order valence-electron chi connectivity index (χ3n) is 3.44. The van der Waals surface area contributed by atoms with Crippen molar-refractivity contribution in [2.45, 2.75) is 13.8 Å². The van der Waals surface area contributed by atoms with Crippen LogP contribution in [0.4, 0.5) is 11.6 Å². The summed E-state index contributed by atoms with van der Waals surface area (Å²) in [5, 5.41) is 3.22. The lowest BCUT2D eigenvalue weighted by Gasteiger charge is -2.15. The summed E-state index contributed by atoms with van der Waals surface area (Å²) >= 11 is 0. The Labute approximate surface area is 142 Å². The second kappa shape index (κ2) is 7.72. The fourth-order valence-corrected chi connectivity index (χ4v) is 2.20. The molecule has 0 aliphatic heterocycles. The van der Waals surface area contributed by atoms with E-state index < -0.39 is 0 Å². The van der Waals surface area contributed by atoms with E-state index in [1.807, 2.05) is 12.1 Å². The van der Waals surface area contributed by atoms with E-state index >= 15 is 0 Å². The first kappa shape index (κ1) is 17.7. The van der Waals surface area contributed by atoms with E-state index in [1.54, 1.807) is 27.5 Å². The molecule has 7 nitrogen and oxygen atoms in total. The Bertz CT molecular complexity index is 679. The van der Waals surface area contributed by atoms with Gasteiger partial charge in [0.05, 0.1) is 33.2 Å². The quantitative estimate of drug-likeness (QED) is 0.805. The molecule has 1 aromatic heterocycles. The Morgan fingerprint density at radius 1 is 1.08 bits per heavy atom. The topological polar surface area (TPSA) is 91.5 Å². The van der Waals surface area contributed by atoms with Crippen LogP contribution in [0.15, 0.2) is 18.3 Å². The molecule has 0 radical (unpaired) electrons. The smallest absolute Gasteiger partial charge is 0.203 e. The van der Waals surface area contributed by atoms with E-state index in [4.69, 9.17) is 19.9 Å². The standard InChI is InChI=1S/C17H24N4O3/c1-10(2)8-20-17-16(18)19-9-12(21-17)11-6-13(22-3)15(24-5)14(7-11)23-4/h6-7,9-10H,8H2,1-5H3,(H2,18,19)(H,20,21). The minimum absolute atomic E-state index is 0.367. The van der Waals surface area contributed by atoms with Crippen LogP contribution in [-0.2, 0) is 0 Å². The number of aromatic nitrogens is 2. The highest BCUT2D eigenvalue weighted by molar-refractivity contribution is 5.71. The van der Waals surface area contributed by atoms with Crippen LogP contribution in [0.3, 0.4) is 0 Å². The summed E-state index contributed by atoms with van der Waals surface area (Å²) in [5.41, 5.74) is 7.36. The minimum Gasteiger partial charge on any atom is -0.493 e. The highest BCUT2D eigenvalue weighted by atomic mass is 16.5. The van der Waals surface area contributed by atoms with Crippen molar-refractivity contribution in [2.75, 3.05) is 38.9 Å². The molecular weight excluding hydrogens is 308 g/mol. The largest absolute Gasteiger partial charge is 0.493 e. The number of nitrogen functional groups attached to an aromatic ring is 1. The molecule has 1 heterocycles. The summed E-state index contributed by atoms with van der Waals surface area (Å²) in [7, 11) is 4.72. The van der Waals surface area contributed by atoms with Crippen LogP contribution in [0, 0.1) is 5.92 Å². The molecule has 0 saturated heterocycles. The summed E-state index contributed by atoms with van der Waals surface area (Å²) in [6.07, 6.45) is 1.62. The van der Waals surface area contributed by atoms with Crippen LogP contribution in [0.25, 0.3) is 11.3 Å². The predicted octanol–water partition coefficient (Wildman–Crippen LogP) is 2.82. The van der Waals surface area contributed by atoms with Gasteiger partial charge in [0, 0.05) is 12.1 Å². The van der Waals surface area contributed by atoms with Crippen molar-refractivity contribution in [3.8, 4) is 28.5 Å². The molecule has 0 aliphatic carbocycles. The summed E-state index contributed by atoms with van der Waals surface area (Å²) < 4.78 is 16.1. The number of nitrogens with zero attached hydrogens (tertiary/aromatic N) is 2. The fourth-order valence-electron chi connectivity index (χ4n) is 2.20. The number of nitrogens with two attached hydrogens (primary N) is 1. The van der Waals surface area contributed by atoms with Crippen molar-refractivity contribution in [1.29, 1.82) is 0 Å². The molecule has 0 bridgehead atoms. The highest BCUT2D eigenvalue weighted by Gasteiger charge is 2.16. The lowest BCUT2D eigenvalue weighted by Crippen LogP contribution is -2.12. The average Bonchev–Trinajstić information content (AvgIpc) is 2.59. The zero-order valence-corrected chi connectivity index (χ0v) is 14.7. The van der Waals surface area contributed by atoms with Crippen LogP contribution in [0.2, 0.25) is 0 Å². The van der Waals surface area contributed by atoms with E-state index in [0.717, 1.165) is 12.1 Å². The third kappa shape index (κ3) is 3.79. The zero-order chi connectivity index (χ0) is 17.7. The third-order valence-corrected chi connectivity index (χ3v) is 3.44. The summed E-state index contributed by atoms with van der Waals surface area (Å²) in [6, 6.07) is 3.65. The highest BCUT2D eigenvalue weighted by Crippen LogP contribution is 2.40. The molecule has 0 amide bonds. The van der Waals surface area contributed by atoms with E-state index in [-0.39, 0.29) is 0 Å². The van der Waals surface area contributed by atoms with Crippen LogP contribution in [0.1, 0.15) is 13.8 Å². The number of rotatable bonds is 7. The Morgan fingerprint density at radius 3 is 2.21 bits per heavy atom. The van der Waals surface area contributed by atoms with Gasteiger partial charge in [0.2, 0.25) is 5.75 Å². The van der Waals surface area contributed by atoms with Gasteiger partial charge < -0.3 is 25.3 Å². The van der Waals surface area contributed by atoms with E-state index in [9.17, 15) is 0 Å². The minimum atomic E-state index is 0.367. The van der Waals surface area contributed by atoms with Gasteiger partial charge >= 0.3 is 0 Å². The molecular formula is C17H24N4O3. The van der Waals surface area contributed by atoms with Crippen molar-refractivity contribution in [3.05, 3.63) is 18.3 Å². The molecule has 24 heavy (non-hydrogen) atoms. The molecule has 0 atom stereocenters. The number of anilines is 2. The molecule has 2 rings (SSSR count). The molecule has 130 valence electrons. The lowest BCUT2D eigenvalue weighted by atomic mass is 10.1. The SMILES string of the molecule is COc1cc(-c2cnc(N)c(NCC(C)C)n2)cc(OC)c1OC. The maximum Gasteiger partial charge on any atom is 0.203 e. The van der Waals surface area contributed by atoms with Gasteiger partial charge in [-0.3, -0.25) is 0 Å². The van der Waals surface area contributed by atoms with Crippen molar-refractivity contribution in [3.63, 3.8) is 0 Å². The second-order valence-corrected chi connectivity index (χ2v) is 5.68. The van der Waals surface area contributed by atoms with Gasteiger partial charge in [0.25, 0.3) is 0 Å². The van der Waals surface area contributed by atoms with Crippen LogP contribution >= 0.6 is 0 Å². The lowest BCUT2D eigenvalue weighted by molar-refractivity contribution is 0.324. The van der Waals surface area contributed by atoms with Crippen LogP contribution in [-0.4, -0.2) is 37.8 Å². The maximum atomic E-state index is 5.91. The maximum absolute atomic E-state index is 5.91. The van der Waals surface area contributed by atoms with Gasteiger partial charge in [-0.15, -0.1) is 0 Å². The molecule has 3 N–H and O–H groups in total. The summed E-state index contributed by atoms with van der Waals surface area (Å²) in [4.78, 5) is 8.80. The van der Waals surface area contributed by atoms with Crippen molar-refractivity contribution in [2.24, 2.45) is 5.92 Å². The van der Waals surface area contributed by atoms with Crippen molar-refractivity contribution in [1.82, 2.24) is 9.97 Å². The van der Waals surface area contributed by atoms with Crippen molar-refractivity contribution >= 4 is 11.6 Å². The van der Waals surface area contributed by atoms with Gasteiger partial charge in [0.1, 0.15) is 0 Å². The van der Waals surface area contributed by atoms with Crippen LogP contribution in [0.5, 0.6) is 17.2 Å². The van der Waals surface area contributed by atoms with Gasteiger partial charge in [-0.05, 0) is 18.1 Å². The van der Waals surface area contributed by atoms with E-state index in [1.165, 1.54) is 0 Å². The number of benzene rings is 1. The first-order valence-corrected chi connectivity index (χ1v) is 7.66. The first-order chi connectivity index (χ1) is 11.5. The molecule has 0 fully saturated rings. The van der Waals surface area contributed by atoms with Gasteiger partial charge in [-0.2, -0.15) is 0 Å². The molecule has 1 aromatic carbocycles. The van der Waals surface area contributed by atoms with Gasteiger partial charge in [0.15, 0.2) is 23.1 Å². The number of hydrogen-bond donors (Lipinski definition) is 2. The molecule has 0 spiro atoms. The molecule has 0 saturated carbocycles. The van der Waals surface area contributed by atoms with Gasteiger partial charge in [-0.25, -0.2) is 9.97 Å². The molecule has 0 unspecified atom stereocenters. The van der Waals surface area contributed by atoms with Crippen molar-refractivity contribution < 1.29 is 14.2 Å².